The summed E-state index contributed by atoms with van der Waals surface area (Å²) in [5, 5.41) is 5.76. The largest absolute Gasteiger partial charge is 0.451 e. The Kier molecular flexibility index (Phi) is 4.05. The minimum Gasteiger partial charge on any atom is -0.451 e. The van der Waals surface area contributed by atoms with Crippen LogP contribution in [0.2, 0.25) is 0 Å². The van der Waals surface area contributed by atoms with E-state index in [-0.39, 0.29) is 12.3 Å². The number of anilines is 1. The van der Waals surface area contributed by atoms with Crippen molar-refractivity contribution < 1.29 is 18.4 Å². The van der Waals surface area contributed by atoms with Gasteiger partial charge in [0.2, 0.25) is 5.91 Å². The Bertz CT molecular complexity index is 840. The SMILES string of the molecule is O=C(CNC(=O)c1cc2ccccc2o1)Nc1cccc(F)c1. The Morgan fingerprint density at radius 2 is 1.87 bits per heavy atom. The Hall–Kier alpha value is -3.15. The van der Waals surface area contributed by atoms with Gasteiger partial charge in [-0.3, -0.25) is 9.59 Å². The van der Waals surface area contributed by atoms with Gasteiger partial charge in [-0.15, -0.1) is 0 Å². The smallest absolute Gasteiger partial charge is 0.287 e. The number of amides is 2. The summed E-state index contributed by atoms with van der Waals surface area (Å²) in [5.74, 6) is -1.27. The van der Waals surface area contributed by atoms with Crippen LogP contribution in [0.15, 0.2) is 59.0 Å². The second-order valence-electron chi connectivity index (χ2n) is 4.89. The molecule has 0 atom stereocenters. The topological polar surface area (TPSA) is 71.3 Å². The van der Waals surface area contributed by atoms with Gasteiger partial charge in [0.15, 0.2) is 5.76 Å². The predicted molar refractivity (Wildman–Crippen MR) is 83.6 cm³/mol. The van der Waals surface area contributed by atoms with Gasteiger partial charge in [0.05, 0.1) is 6.54 Å². The van der Waals surface area contributed by atoms with Crippen LogP contribution in [0.4, 0.5) is 10.1 Å². The molecule has 6 heteroatoms. The number of nitrogens with one attached hydrogen (secondary N) is 2. The number of halogens is 1. The summed E-state index contributed by atoms with van der Waals surface area (Å²) in [4.78, 5) is 23.7. The lowest BCUT2D eigenvalue weighted by Crippen LogP contribution is -2.32. The van der Waals surface area contributed by atoms with E-state index in [2.05, 4.69) is 10.6 Å². The highest BCUT2D eigenvalue weighted by atomic mass is 19.1. The molecule has 0 saturated heterocycles. The number of para-hydroxylation sites is 1. The molecule has 0 bridgehead atoms. The molecule has 0 spiro atoms. The summed E-state index contributed by atoms with van der Waals surface area (Å²) < 4.78 is 18.4. The lowest BCUT2D eigenvalue weighted by molar-refractivity contribution is -0.115. The number of hydrogen-bond donors (Lipinski definition) is 2. The minimum atomic E-state index is -0.490. The molecular weight excluding hydrogens is 299 g/mol. The van der Waals surface area contributed by atoms with Gasteiger partial charge in [-0.1, -0.05) is 24.3 Å². The van der Waals surface area contributed by atoms with Gasteiger partial charge in [-0.2, -0.15) is 0 Å². The molecule has 5 nitrogen and oxygen atoms in total. The van der Waals surface area contributed by atoms with E-state index in [0.29, 0.717) is 11.3 Å². The first-order valence-electron chi connectivity index (χ1n) is 6.94. The molecule has 116 valence electrons. The van der Waals surface area contributed by atoms with Crippen molar-refractivity contribution in [2.45, 2.75) is 0 Å². The molecule has 3 aromatic rings. The van der Waals surface area contributed by atoms with Gasteiger partial charge >= 0.3 is 0 Å². The number of carbonyl (C=O) groups is 2. The third kappa shape index (κ3) is 3.55. The summed E-state index contributed by atoms with van der Waals surface area (Å²) in [5.41, 5.74) is 0.926. The average Bonchev–Trinajstić information content (AvgIpc) is 2.97. The van der Waals surface area contributed by atoms with Crippen LogP contribution in [0, 0.1) is 5.82 Å². The summed E-state index contributed by atoms with van der Waals surface area (Å²) in [6.07, 6.45) is 0. The van der Waals surface area contributed by atoms with Gasteiger partial charge in [-0.05, 0) is 30.3 Å². The van der Waals surface area contributed by atoms with Gasteiger partial charge < -0.3 is 15.1 Å². The van der Waals surface area contributed by atoms with Crippen molar-refractivity contribution in [3.63, 3.8) is 0 Å². The van der Waals surface area contributed by atoms with Gasteiger partial charge in [-0.25, -0.2) is 4.39 Å². The number of benzene rings is 2. The summed E-state index contributed by atoms with van der Waals surface area (Å²) in [6.45, 7) is -0.244. The van der Waals surface area contributed by atoms with Crippen molar-refractivity contribution in [3.8, 4) is 0 Å². The number of carbonyl (C=O) groups excluding carboxylic acids is 2. The maximum Gasteiger partial charge on any atom is 0.287 e. The molecule has 23 heavy (non-hydrogen) atoms. The Morgan fingerprint density at radius 1 is 1.04 bits per heavy atom. The van der Waals surface area contributed by atoms with E-state index in [1.807, 2.05) is 12.1 Å². The van der Waals surface area contributed by atoms with Gasteiger partial charge in [0.1, 0.15) is 11.4 Å². The molecule has 0 aliphatic carbocycles. The molecule has 0 unspecified atom stereocenters. The van der Waals surface area contributed by atoms with E-state index in [0.717, 1.165) is 5.39 Å². The standard InChI is InChI=1S/C17H13FN2O3/c18-12-5-3-6-13(9-12)20-16(21)10-19-17(22)15-8-11-4-1-2-7-14(11)23-15/h1-9H,10H2,(H,19,22)(H,20,21). The van der Waals surface area contributed by atoms with Crippen molar-refractivity contribution in [1.82, 2.24) is 5.32 Å². The molecule has 0 saturated carbocycles. The van der Waals surface area contributed by atoms with Crippen molar-refractivity contribution in [1.29, 1.82) is 0 Å². The van der Waals surface area contributed by atoms with E-state index >= 15 is 0 Å². The van der Waals surface area contributed by atoms with Crippen molar-refractivity contribution >= 4 is 28.5 Å². The Balaban J connectivity index is 1.59. The lowest BCUT2D eigenvalue weighted by Gasteiger charge is -2.06. The van der Waals surface area contributed by atoms with Crippen molar-refractivity contribution in [2.24, 2.45) is 0 Å². The average molecular weight is 312 g/mol. The number of hydrogen-bond acceptors (Lipinski definition) is 3. The van der Waals surface area contributed by atoms with Gasteiger partial charge in [0, 0.05) is 11.1 Å². The third-order valence-corrected chi connectivity index (χ3v) is 3.17. The van der Waals surface area contributed by atoms with Crippen molar-refractivity contribution in [2.75, 3.05) is 11.9 Å². The van der Waals surface area contributed by atoms with Crippen LogP contribution in [0.25, 0.3) is 11.0 Å². The van der Waals surface area contributed by atoms with Crippen molar-refractivity contribution in [3.05, 3.63) is 66.2 Å². The first kappa shape index (κ1) is 14.8. The molecule has 0 fully saturated rings. The normalized spacial score (nSPS) is 10.5. The fourth-order valence-electron chi connectivity index (χ4n) is 2.11. The molecule has 3 rings (SSSR count). The molecule has 2 N–H and O–H groups in total. The fraction of sp³-hybridized carbons (Fsp3) is 0.0588. The maximum atomic E-state index is 13.0. The highest BCUT2D eigenvalue weighted by Crippen LogP contribution is 2.18. The highest BCUT2D eigenvalue weighted by molar-refractivity contribution is 6.00. The minimum absolute atomic E-state index is 0.129. The number of furan rings is 1. The van der Waals surface area contributed by atoms with Crippen LogP contribution in [-0.2, 0) is 4.79 Å². The second-order valence-corrected chi connectivity index (χ2v) is 4.89. The van der Waals surface area contributed by atoms with E-state index in [9.17, 15) is 14.0 Å². The van der Waals surface area contributed by atoms with E-state index < -0.39 is 17.6 Å². The van der Waals surface area contributed by atoms with E-state index in [4.69, 9.17) is 4.42 Å². The Labute approximate surface area is 131 Å². The van der Waals surface area contributed by atoms with Crippen LogP contribution in [-0.4, -0.2) is 18.4 Å². The zero-order valence-electron chi connectivity index (χ0n) is 12.0. The quantitative estimate of drug-likeness (QED) is 0.778. The summed E-state index contributed by atoms with van der Waals surface area (Å²) in [6, 6.07) is 14.3. The van der Waals surface area contributed by atoms with Crippen LogP contribution in [0.3, 0.4) is 0 Å². The van der Waals surface area contributed by atoms with E-state index in [1.54, 1.807) is 24.3 Å². The molecular formula is C17H13FN2O3. The molecule has 2 amide bonds. The molecule has 1 aromatic heterocycles. The Morgan fingerprint density at radius 3 is 2.65 bits per heavy atom. The first-order chi connectivity index (χ1) is 11.1. The van der Waals surface area contributed by atoms with Gasteiger partial charge in [0.25, 0.3) is 5.91 Å². The van der Waals surface area contributed by atoms with Crippen LogP contribution in [0.5, 0.6) is 0 Å². The maximum absolute atomic E-state index is 13.0. The number of fused-ring (bicyclic) bond motifs is 1. The number of rotatable bonds is 4. The van der Waals surface area contributed by atoms with Crippen LogP contribution < -0.4 is 10.6 Å². The molecule has 2 aromatic carbocycles. The monoisotopic (exact) mass is 312 g/mol. The summed E-state index contributed by atoms with van der Waals surface area (Å²) in [7, 11) is 0. The molecule has 0 aliphatic heterocycles. The second kappa shape index (κ2) is 6.31. The van der Waals surface area contributed by atoms with E-state index in [1.165, 1.54) is 18.2 Å². The molecule has 0 radical (unpaired) electrons. The molecule has 0 aliphatic rings. The first-order valence-corrected chi connectivity index (χ1v) is 6.94. The summed E-state index contributed by atoms with van der Waals surface area (Å²) >= 11 is 0. The van der Waals surface area contributed by atoms with Crippen LogP contribution in [0.1, 0.15) is 10.6 Å². The zero-order valence-corrected chi connectivity index (χ0v) is 12.0. The zero-order chi connectivity index (χ0) is 16.2. The third-order valence-electron chi connectivity index (χ3n) is 3.17. The fourth-order valence-corrected chi connectivity index (χ4v) is 2.11. The highest BCUT2D eigenvalue weighted by Gasteiger charge is 2.13. The predicted octanol–water partition coefficient (Wildman–Crippen LogP) is 2.94. The van der Waals surface area contributed by atoms with Crippen LogP contribution >= 0.6 is 0 Å². The lowest BCUT2D eigenvalue weighted by atomic mass is 10.2. The molecule has 1 heterocycles.